The minimum Gasteiger partial charge on any atom is -0.458 e. The SMILES string of the molecule is Cc1cccc(Cn2nccc2NC(=O)CN2C(=O)NC(C)(c3cc4ccccc4o3)C2=O)c1. The van der Waals surface area contributed by atoms with Gasteiger partial charge in [-0.05, 0) is 31.5 Å². The number of para-hydroxylation sites is 1. The van der Waals surface area contributed by atoms with Crippen molar-refractivity contribution in [2.45, 2.75) is 25.9 Å². The fraction of sp³-hybridized carbons (Fsp3) is 0.200. The van der Waals surface area contributed by atoms with Gasteiger partial charge in [-0.1, -0.05) is 48.0 Å². The molecule has 1 saturated heterocycles. The smallest absolute Gasteiger partial charge is 0.325 e. The van der Waals surface area contributed by atoms with Crippen molar-refractivity contribution in [1.82, 2.24) is 20.0 Å². The number of benzene rings is 2. The third kappa shape index (κ3) is 3.81. The molecule has 172 valence electrons. The van der Waals surface area contributed by atoms with Gasteiger partial charge in [0.2, 0.25) is 5.91 Å². The zero-order valence-corrected chi connectivity index (χ0v) is 18.7. The molecular weight excluding hydrogens is 434 g/mol. The normalized spacial score (nSPS) is 17.9. The summed E-state index contributed by atoms with van der Waals surface area (Å²) in [5, 5.41) is 10.5. The fourth-order valence-corrected chi connectivity index (χ4v) is 4.11. The van der Waals surface area contributed by atoms with Gasteiger partial charge in [0, 0.05) is 11.5 Å². The molecule has 0 spiro atoms. The number of hydrogen-bond acceptors (Lipinski definition) is 5. The third-order valence-electron chi connectivity index (χ3n) is 5.89. The van der Waals surface area contributed by atoms with Crippen molar-refractivity contribution in [3.8, 4) is 0 Å². The molecule has 1 fully saturated rings. The number of nitrogens with one attached hydrogen (secondary N) is 2. The van der Waals surface area contributed by atoms with Gasteiger partial charge in [-0.2, -0.15) is 5.10 Å². The number of nitrogens with zero attached hydrogens (tertiary/aromatic N) is 3. The first-order valence-corrected chi connectivity index (χ1v) is 10.8. The van der Waals surface area contributed by atoms with E-state index >= 15 is 0 Å². The summed E-state index contributed by atoms with van der Waals surface area (Å²) in [7, 11) is 0. The van der Waals surface area contributed by atoms with Crippen LogP contribution in [0.1, 0.15) is 23.8 Å². The van der Waals surface area contributed by atoms with E-state index < -0.39 is 29.9 Å². The van der Waals surface area contributed by atoms with Crippen LogP contribution < -0.4 is 10.6 Å². The lowest BCUT2D eigenvalue weighted by atomic mass is 9.99. The first kappa shape index (κ1) is 21.4. The predicted molar refractivity (Wildman–Crippen MR) is 125 cm³/mol. The van der Waals surface area contributed by atoms with Gasteiger partial charge in [-0.15, -0.1) is 0 Å². The summed E-state index contributed by atoms with van der Waals surface area (Å²) in [6.45, 7) is 3.61. The van der Waals surface area contributed by atoms with Crippen LogP contribution in [-0.2, 0) is 21.7 Å². The van der Waals surface area contributed by atoms with Gasteiger partial charge >= 0.3 is 6.03 Å². The molecule has 1 unspecified atom stereocenters. The molecule has 2 aromatic heterocycles. The zero-order chi connectivity index (χ0) is 23.9. The van der Waals surface area contributed by atoms with Crippen molar-refractivity contribution in [1.29, 1.82) is 0 Å². The van der Waals surface area contributed by atoms with E-state index in [4.69, 9.17) is 4.42 Å². The summed E-state index contributed by atoms with van der Waals surface area (Å²) in [4.78, 5) is 39.4. The Morgan fingerprint density at radius 3 is 2.74 bits per heavy atom. The summed E-state index contributed by atoms with van der Waals surface area (Å²) >= 11 is 0. The first-order valence-electron chi connectivity index (χ1n) is 10.8. The number of carbonyl (C=O) groups is 3. The molecule has 0 radical (unpaired) electrons. The first-order chi connectivity index (χ1) is 16.3. The Morgan fingerprint density at radius 1 is 1.12 bits per heavy atom. The van der Waals surface area contributed by atoms with Crippen molar-refractivity contribution in [3.05, 3.63) is 83.7 Å². The number of amides is 4. The number of anilines is 1. The number of urea groups is 1. The Morgan fingerprint density at radius 2 is 1.94 bits per heavy atom. The van der Waals surface area contributed by atoms with Gasteiger partial charge in [0.05, 0.1) is 12.7 Å². The van der Waals surface area contributed by atoms with Crippen LogP contribution in [0.3, 0.4) is 0 Å². The lowest BCUT2D eigenvalue weighted by molar-refractivity contribution is -0.134. The molecule has 1 aliphatic rings. The van der Waals surface area contributed by atoms with Crippen LogP contribution in [0.15, 0.2) is 71.3 Å². The second-order valence-corrected chi connectivity index (χ2v) is 8.51. The van der Waals surface area contributed by atoms with Gasteiger partial charge in [0.1, 0.15) is 23.7 Å². The van der Waals surface area contributed by atoms with Crippen LogP contribution in [0.25, 0.3) is 11.0 Å². The van der Waals surface area contributed by atoms with E-state index in [1.807, 2.05) is 49.4 Å². The van der Waals surface area contributed by atoms with Crippen molar-refractivity contribution in [3.63, 3.8) is 0 Å². The molecule has 9 nitrogen and oxygen atoms in total. The van der Waals surface area contributed by atoms with Gasteiger partial charge in [0.15, 0.2) is 5.54 Å². The van der Waals surface area contributed by atoms with Gasteiger partial charge in [-0.25, -0.2) is 9.48 Å². The highest BCUT2D eigenvalue weighted by molar-refractivity contribution is 6.10. The number of furan rings is 1. The van der Waals surface area contributed by atoms with E-state index in [1.54, 1.807) is 36.0 Å². The van der Waals surface area contributed by atoms with Gasteiger partial charge in [0.25, 0.3) is 5.91 Å². The molecule has 4 amide bonds. The van der Waals surface area contributed by atoms with Crippen molar-refractivity contribution in [2.75, 3.05) is 11.9 Å². The Labute approximate surface area is 195 Å². The van der Waals surface area contributed by atoms with Crippen LogP contribution >= 0.6 is 0 Å². The molecule has 0 bridgehead atoms. The lowest BCUT2D eigenvalue weighted by Gasteiger charge is -2.19. The number of fused-ring (bicyclic) bond motifs is 1. The average Bonchev–Trinajstić information content (AvgIpc) is 3.48. The number of aromatic nitrogens is 2. The molecular formula is C25H23N5O4. The average molecular weight is 457 g/mol. The number of hydrogen-bond donors (Lipinski definition) is 2. The fourth-order valence-electron chi connectivity index (χ4n) is 4.11. The number of carbonyl (C=O) groups excluding carboxylic acids is 3. The molecule has 9 heteroatoms. The maximum absolute atomic E-state index is 13.2. The Hall–Kier alpha value is -4.40. The van der Waals surface area contributed by atoms with E-state index in [1.165, 1.54) is 0 Å². The molecule has 2 aromatic carbocycles. The van der Waals surface area contributed by atoms with Crippen LogP contribution in [0.4, 0.5) is 10.6 Å². The highest BCUT2D eigenvalue weighted by Crippen LogP contribution is 2.33. The molecule has 4 aromatic rings. The molecule has 34 heavy (non-hydrogen) atoms. The highest BCUT2D eigenvalue weighted by atomic mass is 16.3. The summed E-state index contributed by atoms with van der Waals surface area (Å²) in [6, 6.07) is 18.1. The molecule has 3 heterocycles. The van der Waals surface area contributed by atoms with Gasteiger partial charge < -0.3 is 15.1 Å². The minimum atomic E-state index is -1.40. The highest BCUT2D eigenvalue weighted by Gasteiger charge is 2.51. The van der Waals surface area contributed by atoms with Gasteiger partial charge in [-0.3, -0.25) is 14.5 Å². The number of rotatable bonds is 6. The third-order valence-corrected chi connectivity index (χ3v) is 5.89. The minimum absolute atomic E-state index is 0.311. The standard InChI is InChI=1S/C25H23N5O4/c1-16-6-5-7-17(12-16)14-30-21(10-11-26-30)27-22(31)15-29-23(32)25(2,28-24(29)33)20-13-18-8-3-4-9-19(18)34-20/h3-13H,14-15H2,1-2H3,(H,27,31)(H,28,33). The van der Waals surface area contributed by atoms with E-state index in [-0.39, 0.29) is 0 Å². The summed E-state index contributed by atoms with van der Waals surface area (Å²) in [5.41, 5.74) is 1.37. The lowest BCUT2D eigenvalue weighted by Crippen LogP contribution is -2.42. The number of aryl methyl sites for hydroxylation is 1. The molecule has 0 saturated carbocycles. The predicted octanol–water partition coefficient (Wildman–Crippen LogP) is 3.39. The van der Waals surface area contributed by atoms with E-state index in [0.717, 1.165) is 21.4 Å². The van der Waals surface area contributed by atoms with E-state index in [0.29, 0.717) is 23.7 Å². The molecule has 0 aliphatic carbocycles. The van der Waals surface area contributed by atoms with Crippen LogP contribution in [0, 0.1) is 6.92 Å². The second kappa shape index (κ2) is 8.18. The van der Waals surface area contributed by atoms with Crippen LogP contribution in [0.2, 0.25) is 0 Å². The monoisotopic (exact) mass is 457 g/mol. The van der Waals surface area contributed by atoms with Crippen molar-refractivity contribution in [2.24, 2.45) is 0 Å². The number of imide groups is 1. The summed E-state index contributed by atoms with van der Waals surface area (Å²) in [6.07, 6.45) is 1.58. The summed E-state index contributed by atoms with van der Waals surface area (Å²) < 4.78 is 7.47. The van der Waals surface area contributed by atoms with E-state index in [2.05, 4.69) is 15.7 Å². The zero-order valence-electron chi connectivity index (χ0n) is 18.7. The van der Waals surface area contributed by atoms with E-state index in [9.17, 15) is 14.4 Å². The Balaban J connectivity index is 1.29. The molecule has 2 N–H and O–H groups in total. The molecule has 5 rings (SSSR count). The summed E-state index contributed by atoms with van der Waals surface area (Å²) in [5.74, 6) is -0.284. The largest absolute Gasteiger partial charge is 0.458 e. The Bertz CT molecular complexity index is 1390. The van der Waals surface area contributed by atoms with Crippen molar-refractivity contribution >= 4 is 34.6 Å². The molecule has 1 aliphatic heterocycles. The maximum Gasteiger partial charge on any atom is 0.325 e. The maximum atomic E-state index is 13.2. The Kier molecular flexibility index (Phi) is 5.16. The quantitative estimate of drug-likeness (QED) is 0.432. The van der Waals surface area contributed by atoms with Crippen LogP contribution in [-0.4, -0.2) is 39.1 Å². The topological polar surface area (TPSA) is 109 Å². The molecule has 1 atom stereocenters. The van der Waals surface area contributed by atoms with Crippen molar-refractivity contribution < 1.29 is 18.8 Å². The second-order valence-electron chi connectivity index (χ2n) is 8.51. The van der Waals surface area contributed by atoms with Crippen LogP contribution in [0.5, 0.6) is 0 Å².